The van der Waals surface area contributed by atoms with Gasteiger partial charge < -0.3 is 15.2 Å². The number of nitrogens with two attached hydrogens (primary N) is 1. The Bertz CT molecular complexity index is 723. The lowest BCUT2D eigenvalue weighted by molar-refractivity contribution is 0.0625. The van der Waals surface area contributed by atoms with E-state index in [9.17, 15) is 4.79 Å². The molecule has 1 saturated heterocycles. The Balaban J connectivity index is 2.09. The fourth-order valence-electron chi connectivity index (χ4n) is 3.25. The number of amides is 1. The molecule has 2 aromatic rings. The fraction of sp³-hybridized carbons (Fsp3) is 0.588. The second kappa shape index (κ2) is 6.28. The first kappa shape index (κ1) is 15.9. The molecule has 0 spiro atoms. The molecule has 0 radical (unpaired) electrons. The molecule has 1 aliphatic heterocycles. The van der Waals surface area contributed by atoms with Gasteiger partial charge in [-0.25, -0.2) is 4.98 Å². The summed E-state index contributed by atoms with van der Waals surface area (Å²) in [7, 11) is 0. The molecule has 23 heavy (non-hydrogen) atoms. The molecule has 0 saturated carbocycles. The van der Waals surface area contributed by atoms with Gasteiger partial charge in [0.2, 0.25) is 0 Å². The van der Waals surface area contributed by atoms with E-state index in [1.807, 2.05) is 17.9 Å². The van der Waals surface area contributed by atoms with Gasteiger partial charge in [-0.15, -0.1) is 0 Å². The minimum Gasteiger partial charge on any atom is -0.336 e. The van der Waals surface area contributed by atoms with Gasteiger partial charge in [-0.1, -0.05) is 19.0 Å². The number of piperidine rings is 1. The average molecular weight is 316 g/mol. The first-order valence-electron chi connectivity index (χ1n) is 8.31. The van der Waals surface area contributed by atoms with Gasteiger partial charge in [0.15, 0.2) is 0 Å². The second-order valence-corrected chi connectivity index (χ2v) is 6.58. The van der Waals surface area contributed by atoms with E-state index in [0.717, 1.165) is 36.9 Å². The van der Waals surface area contributed by atoms with E-state index in [2.05, 4.69) is 24.0 Å². The van der Waals surface area contributed by atoms with Crippen LogP contribution in [0, 0.1) is 6.92 Å². The Kier molecular flexibility index (Phi) is 4.35. The fourth-order valence-corrected chi connectivity index (χ4v) is 3.25. The van der Waals surface area contributed by atoms with Crippen LogP contribution in [0.3, 0.4) is 0 Å². The molecule has 0 bridgehead atoms. The summed E-state index contributed by atoms with van der Waals surface area (Å²) in [6, 6.07) is 2.00. The summed E-state index contributed by atoms with van der Waals surface area (Å²) >= 11 is 0. The Labute approximate surface area is 136 Å². The van der Waals surface area contributed by atoms with Gasteiger partial charge in [0.05, 0.1) is 16.6 Å². The van der Waals surface area contributed by atoms with E-state index in [0.29, 0.717) is 23.5 Å². The third kappa shape index (κ3) is 2.83. The highest BCUT2D eigenvalue weighted by Crippen LogP contribution is 2.28. The lowest BCUT2D eigenvalue weighted by atomic mass is 9.98. The van der Waals surface area contributed by atoms with Crippen molar-refractivity contribution < 1.29 is 9.32 Å². The molecule has 3 rings (SSSR count). The van der Waals surface area contributed by atoms with Crippen molar-refractivity contribution in [3.05, 3.63) is 23.0 Å². The van der Waals surface area contributed by atoms with Gasteiger partial charge in [-0.2, -0.15) is 0 Å². The number of aryl methyl sites for hydroxylation is 1. The molecule has 1 amide bonds. The van der Waals surface area contributed by atoms with Crippen LogP contribution in [0.2, 0.25) is 0 Å². The number of hydrogen-bond donors (Lipinski definition) is 1. The lowest BCUT2D eigenvalue weighted by Crippen LogP contribution is -2.47. The highest BCUT2D eigenvalue weighted by molar-refractivity contribution is 6.06. The first-order valence-corrected chi connectivity index (χ1v) is 8.31. The lowest BCUT2D eigenvalue weighted by Gasteiger charge is -2.35. The monoisotopic (exact) mass is 316 g/mol. The molecule has 6 heteroatoms. The zero-order chi connectivity index (χ0) is 16.6. The second-order valence-electron chi connectivity index (χ2n) is 6.58. The van der Waals surface area contributed by atoms with Crippen molar-refractivity contribution in [2.75, 3.05) is 13.1 Å². The van der Waals surface area contributed by atoms with Crippen molar-refractivity contribution in [2.24, 2.45) is 5.73 Å². The van der Waals surface area contributed by atoms with Crippen LogP contribution < -0.4 is 5.73 Å². The molecule has 1 fully saturated rings. The Morgan fingerprint density at radius 1 is 1.48 bits per heavy atom. The first-order chi connectivity index (χ1) is 11.0. The number of hydrogen-bond acceptors (Lipinski definition) is 5. The summed E-state index contributed by atoms with van der Waals surface area (Å²) in [5, 5.41) is 4.71. The molecule has 124 valence electrons. The van der Waals surface area contributed by atoms with Crippen molar-refractivity contribution in [1.82, 2.24) is 15.0 Å². The van der Waals surface area contributed by atoms with E-state index in [1.165, 1.54) is 0 Å². The van der Waals surface area contributed by atoms with Gasteiger partial charge in [0, 0.05) is 24.8 Å². The predicted octanol–water partition coefficient (Wildman–Crippen LogP) is 2.61. The van der Waals surface area contributed by atoms with E-state index < -0.39 is 0 Å². The number of rotatable bonds is 3. The zero-order valence-electron chi connectivity index (χ0n) is 14.0. The van der Waals surface area contributed by atoms with Gasteiger partial charge in [0.25, 0.3) is 11.6 Å². The molecular formula is C17H24N4O2. The number of fused-ring (bicyclic) bond motifs is 1. The standard InChI is InChI=1S/C17H24N4O2/c1-10(2)14-8-13(15-11(3)20-23-16(15)19-14)17(22)21-7-5-4-6-12(21)9-18/h8,10,12H,4-7,9,18H2,1-3H3/t12-/m1/s1. The van der Waals surface area contributed by atoms with Crippen molar-refractivity contribution in [2.45, 2.75) is 52.0 Å². The molecule has 0 unspecified atom stereocenters. The van der Waals surface area contributed by atoms with Crippen molar-refractivity contribution in [3.8, 4) is 0 Å². The number of carbonyl (C=O) groups excluding carboxylic acids is 1. The van der Waals surface area contributed by atoms with Crippen LogP contribution in [0.15, 0.2) is 10.6 Å². The molecule has 6 nitrogen and oxygen atoms in total. The van der Waals surface area contributed by atoms with Gasteiger partial charge >= 0.3 is 0 Å². The summed E-state index contributed by atoms with van der Waals surface area (Å²) in [5.41, 5.74) is 8.50. The van der Waals surface area contributed by atoms with Crippen molar-refractivity contribution >= 4 is 17.0 Å². The van der Waals surface area contributed by atoms with E-state index >= 15 is 0 Å². The molecule has 1 aliphatic rings. The van der Waals surface area contributed by atoms with Crippen LogP contribution >= 0.6 is 0 Å². The molecule has 2 N–H and O–H groups in total. The number of nitrogens with zero attached hydrogens (tertiary/aromatic N) is 3. The molecule has 0 aliphatic carbocycles. The van der Waals surface area contributed by atoms with Crippen LogP contribution in [0.4, 0.5) is 0 Å². The molecular weight excluding hydrogens is 292 g/mol. The summed E-state index contributed by atoms with van der Waals surface area (Å²) in [6.07, 6.45) is 3.12. The summed E-state index contributed by atoms with van der Waals surface area (Å²) < 4.78 is 5.31. The largest absolute Gasteiger partial charge is 0.336 e. The normalized spacial score (nSPS) is 18.8. The number of aromatic nitrogens is 2. The van der Waals surface area contributed by atoms with Crippen molar-refractivity contribution in [3.63, 3.8) is 0 Å². The highest BCUT2D eigenvalue weighted by Gasteiger charge is 2.29. The van der Waals surface area contributed by atoms with Crippen LogP contribution in [-0.4, -0.2) is 40.1 Å². The Hall–Kier alpha value is -1.95. The molecule has 1 atom stereocenters. The van der Waals surface area contributed by atoms with Gasteiger partial charge in [-0.05, 0) is 38.2 Å². The van der Waals surface area contributed by atoms with E-state index in [1.54, 1.807) is 0 Å². The Morgan fingerprint density at radius 3 is 2.96 bits per heavy atom. The smallest absolute Gasteiger partial charge is 0.259 e. The summed E-state index contributed by atoms with van der Waals surface area (Å²) in [5.74, 6) is 0.226. The van der Waals surface area contributed by atoms with Crippen LogP contribution in [0.1, 0.15) is 60.8 Å². The molecule has 3 heterocycles. The third-order valence-corrected chi connectivity index (χ3v) is 4.62. The summed E-state index contributed by atoms with van der Waals surface area (Å²) in [4.78, 5) is 19.6. The Morgan fingerprint density at radius 2 is 2.26 bits per heavy atom. The zero-order valence-corrected chi connectivity index (χ0v) is 14.0. The minimum atomic E-state index is 0.0146. The maximum Gasteiger partial charge on any atom is 0.259 e. The quantitative estimate of drug-likeness (QED) is 0.940. The predicted molar refractivity (Wildman–Crippen MR) is 88.4 cm³/mol. The average Bonchev–Trinajstić information content (AvgIpc) is 2.94. The van der Waals surface area contributed by atoms with E-state index in [-0.39, 0.29) is 17.9 Å². The van der Waals surface area contributed by atoms with Gasteiger partial charge in [0.1, 0.15) is 0 Å². The topological polar surface area (TPSA) is 85.2 Å². The summed E-state index contributed by atoms with van der Waals surface area (Å²) in [6.45, 7) is 7.20. The highest BCUT2D eigenvalue weighted by atomic mass is 16.5. The van der Waals surface area contributed by atoms with Crippen LogP contribution in [0.25, 0.3) is 11.1 Å². The third-order valence-electron chi connectivity index (χ3n) is 4.62. The van der Waals surface area contributed by atoms with Crippen LogP contribution in [0.5, 0.6) is 0 Å². The van der Waals surface area contributed by atoms with Crippen LogP contribution in [-0.2, 0) is 0 Å². The van der Waals surface area contributed by atoms with Crippen molar-refractivity contribution in [1.29, 1.82) is 0 Å². The molecule has 0 aromatic carbocycles. The number of pyridine rings is 1. The van der Waals surface area contributed by atoms with Gasteiger partial charge in [-0.3, -0.25) is 4.79 Å². The van der Waals surface area contributed by atoms with E-state index in [4.69, 9.17) is 10.3 Å². The number of likely N-dealkylation sites (tertiary alicyclic amines) is 1. The maximum absolute atomic E-state index is 13.2. The number of carbonyl (C=O) groups is 1. The SMILES string of the molecule is Cc1noc2nc(C(C)C)cc(C(=O)N3CCCC[C@@H]3CN)c12. The minimum absolute atomic E-state index is 0.0146. The molecule has 2 aromatic heterocycles. The maximum atomic E-state index is 13.2.